The predicted molar refractivity (Wildman–Crippen MR) is 134 cm³/mol. The van der Waals surface area contributed by atoms with E-state index in [2.05, 4.69) is 9.97 Å². The number of carbonyl (C=O) groups is 1. The third-order valence-electron chi connectivity index (χ3n) is 5.60. The van der Waals surface area contributed by atoms with Crippen molar-refractivity contribution in [3.63, 3.8) is 0 Å². The molecule has 4 rings (SSSR count). The van der Waals surface area contributed by atoms with Gasteiger partial charge in [0.25, 0.3) is 11.3 Å². The van der Waals surface area contributed by atoms with Gasteiger partial charge in [-0.25, -0.2) is 28.3 Å². The summed E-state index contributed by atoms with van der Waals surface area (Å²) >= 11 is -2.51. The van der Waals surface area contributed by atoms with Crippen LogP contribution in [0.25, 0.3) is 16.9 Å². The molecule has 2 heterocycles. The molecule has 0 saturated heterocycles. The van der Waals surface area contributed by atoms with E-state index in [1.165, 1.54) is 0 Å². The molecule has 0 aliphatic carbocycles. The predicted octanol–water partition coefficient (Wildman–Crippen LogP) is 4.48. The lowest BCUT2D eigenvalue weighted by molar-refractivity contribution is 0.178. The zero-order chi connectivity index (χ0) is 25.1. The summed E-state index contributed by atoms with van der Waals surface area (Å²) < 4.78 is 29.5. The number of imidazole rings is 1. The lowest BCUT2D eigenvalue weighted by Crippen LogP contribution is -2.36. The molecule has 0 aliphatic heterocycles. The van der Waals surface area contributed by atoms with Crippen molar-refractivity contribution in [2.24, 2.45) is 0 Å². The fraction of sp³-hybridized carbons (Fsp3) is 0.280. The minimum atomic E-state index is -2.51. The second-order valence-electron chi connectivity index (χ2n) is 8.18. The Labute approximate surface area is 206 Å². The van der Waals surface area contributed by atoms with E-state index >= 15 is 0 Å². The number of nitrogens with zero attached hydrogens (tertiary/aromatic N) is 5. The maximum absolute atomic E-state index is 12.4. The summed E-state index contributed by atoms with van der Waals surface area (Å²) in [5.41, 5.74) is 5.21. The van der Waals surface area contributed by atoms with Crippen molar-refractivity contribution in [1.82, 2.24) is 23.8 Å². The smallest absolute Gasteiger partial charge is 0.410 e. The average molecular weight is 494 g/mol. The van der Waals surface area contributed by atoms with Gasteiger partial charge in [0.05, 0.1) is 5.69 Å². The Bertz CT molecular complexity index is 1380. The average Bonchev–Trinajstić information content (AvgIpc) is 3.20. The van der Waals surface area contributed by atoms with Crippen molar-refractivity contribution in [3.05, 3.63) is 77.0 Å². The highest BCUT2D eigenvalue weighted by molar-refractivity contribution is 7.77. The molecule has 4 aromatic rings. The molecule has 0 bridgehead atoms. The van der Waals surface area contributed by atoms with Crippen LogP contribution < -0.4 is 4.74 Å². The first kappa shape index (κ1) is 24.5. The van der Waals surface area contributed by atoms with Crippen LogP contribution in [0.4, 0.5) is 4.79 Å². The number of hydrogen-bond donors (Lipinski definition) is 1. The van der Waals surface area contributed by atoms with Crippen LogP contribution >= 0.6 is 0 Å². The van der Waals surface area contributed by atoms with Crippen molar-refractivity contribution in [1.29, 1.82) is 0 Å². The first-order valence-corrected chi connectivity index (χ1v) is 12.3. The van der Waals surface area contributed by atoms with Crippen molar-refractivity contribution in [2.45, 2.75) is 40.5 Å². The summed E-state index contributed by atoms with van der Waals surface area (Å²) in [6.45, 7) is 7.77. The van der Waals surface area contributed by atoms with E-state index in [-0.39, 0.29) is 6.54 Å². The van der Waals surface area contributed by atoms with Crippen molar-refractivity contribution in [3.8, 4) is 11.4 Å². The van der Waals surface area contributed by atoms with E-state index < -0.39 is 17.4 Å². The highest BCUT2D eigenvalue weighted by Gasteiger charge is 2.21. The molecule has 182 valence electrons. The monoisotopic (exact) mass is 493 g/mol. The maximum Gasteiger partial charge on any atom is 0.428 e. The molecule has 0 fully saturated rings. The van der Waals surface area contributed by atoms with E-state index in [0.29, 0.717) is 18.0 Å². The number of carbonyl (C=O) groups excluding carboxylic acids is 1. The number of hydrogen-bond acceptors (Lipinski definition) is 6. The zero-order valence-electron chi connectivity index (χ0n) is 20.1. The molecular formula is C25H27N5O4S. The molecule has 1 amide bonds. The van der Waals surface area contributed by atoms with Crippen molar-refractivity contribution in [2.75, 3.05) is 6.54 Å². The summed E-state index contributed by atoms with van der Waals surface area (Å²) in [5.74, 6) is 1.88. The van der Waals surface area contributed by atoms with Crippen LogP contribution in [0.1, 0.15) is 35.4 Å². The van der Waals surface area contributed by atoms with Gasteiger partial charge in [-0.1, -0.05) is 36.8 Å². The van der Waals surface area contributed by atoms with Crippen LogP contribution in [0, 0.1) is 20.8 Å². The van der Waals surface area contributed by atoms with Crippen LogP contribution in [0.2, 0.25) is 0 Å². The largest absolute Gasteiger partial charge is 0.428 e. The number of aromatic nitrogens is 4. The maximum atomic E-state index is 12.4. The van der Waals surface area contributed by atoms with Gasteiger partial charge in [-0.2, -0.15) is 0 Å². The molecule has 1 atom stereocenters. The van der Waals surface area contributed by atoms with Gasteiger partial charge in [0, 0.05) is 18.7 Å². The Morgan fingerprint density at radius 1 is 1.03 bits per heavy atom. The minimum Gasteiger partial charge on any atom is -0.410 e. The quantitative estimate of drug-likeness (QED) is 0.378. The summed E-state index contributed by atoms with van der Waals surface area (Å²) in [5, 5.41) is 0. The van der Waals surface area contributed by atoms with Gasteiger partial charge in [-0.3, -0.25) is 9.12 Å². The number of benzene rings is 2. The molecule has 0 spiro atoms. The molecule has 2 aromatic heterocycles. The fourth-order valence-electron chi connectivity index (χ4n) is 3.82. The minimum absolute atomic E-state index is 0.0208. The summed E-state index contributed by atoms with van der Waals surface area (Å²) in [6.07, 6.45) is 0.229. The third kappa shape index (κ3) is 5.39. The Morgan fingerprint density at radius 2 is 1.71 bits per heavy atom. The van der Waals surface area contributed by atoms with Gasteiger partial charge in [-0.05, 0) is 57.0 Å². The number of ether oxygens (including phenoxy) is 1. The van der Waals surface area contributed by atoms with Crippen molar-refractivity contribution < 1.29 is 18.3 Å². The van der Waals surface area contributed by atoms with Gasteiger partial charge in [0.2, 0.25) is 0 Å². The first-order chi connectivity index (χ1) is 16.8. The topological polar surface area (TPSA) is 110 Å². The summed E-state index contributed by atoms with van der Waals surface area (Å²) in [6, 6.07) is 14.6. The number of amides is 1. The lowest BCUT2D eigenvalue weighted by Gasteiger charge is -2.17. The Balaban J connectivity index is 1.51. The molecule has 0 saturated carbocycles. The lowest BCUT2D eigenvalue weighted by atomic mass is 10.1. The van der Waals surface area contributed by atoms with Crippen LogP contribution in [0.15, 0.2) is 48.5 Å². The van der Waals surface area contributed by atoms with Gasteiger partial charge in [-0.15, -0.1) is 0 Å². The molecule has 10 heteroatoms. The van der Waals surface area contributed by atoms with Crippen LogP contribution in [0.5, 0.6) is 5.75 Å². The van der Waals surface area contributed by atoms with Gasteiger partial charge < -0.3 is 4.74 Å². The first-order valence-electron chi connectivity index (χ1n) is 11.3. The highest BCUT2D eigenvalue weighted by Crippen LogP contribution is 2.23. The van der Waals surface area contributed by atoms with Gasteiger partial charge >= 0.3 is 6.09 Å². The van der Waals surface area contributed by atoms with Gasteiger partial charge in [0.15, 0.2) is 5.65 Å². The van der Waals surface area contributed by atoms with E-state index in [9.17, 15) is 13.6 Å². The third-order valence-corrected chi connectivity index (χ3v) is 6.30. The molecule has 1 N–H and O–H groups in total. The van der Waals surface area contributed by atoms with E-state index in [0.717, 1.165) is 50.2 Å². The Hall–Kier alpha value is -3.63. The number of rotatable bonds is 7. The molecule has 0 aliphatic rings. The second kappa shape index (κ2) is 10.3. The second-order valence-corrected chi connectivity index (χ2v) is 9.08. The number of aryl methyl sites for hydroxylation is 4. The van der Waals surface area contributed by atoms with Crippen LogP contribution in [0.3, 0.4) is 0 Å². The van der Waals surface area contributed by atoms with E-state index in [4.69, 9.17) is 9.72 Å². The van der Waals surface area contributed by atoms with Crippen LogP contribution in [-0.4, -0.2) is 45.2 Å². The standard InChI is InChI=1S/C25H27N5O4S/c1-5-22-28-23-17(3)26-18(4)27-24(23)30(22)20-10-8-19(9-11-20)14-15-29(35(32)33)25(31)34-21-12-6-16(2)7-13-21/h6-13H,5,14-15H2,1-4H3,(H,32,33). The summed E-state index contributed by atoms with van der Waals surface area (Å²) in [7, 11) is 0. The number of fused-ring (bicyclic) bond motifs is 1. The molecule has 1 unspecified atom stereocenters. The molecule has 9 nitrogen and oxygen atoms in total. The van der Waals surface area contributed by atoms with E-state index in [1.807, 2.05) is 56.5 Å². The van der Waals surface area contributed by atoms with E-state index in [1.54, 1.807) is 24.3 Å². The van der Waals surface area contributed by atoms with Crippen LogP contribution in [-0.2, 0) is 24.1 Å². The molecule has 35 heavy (non-hydrogen) atoms. The molecule has 2 aromatic carbocycles. The molecule has 0 radical (unpaired) electrons. The SMILES string of the molecule is CCc1nc2c(C)nc(C)nc2n1-c1ccc(CCN(C(=O)Oc2ccc(C)cc2)S(=O)O)cc1. The zero-order valence-corrected chi connectivity index (χ0v) is 20.9. The Kier molecular flexibility index (Phi) is 7.23. The summed E-state index contributed by atoms with van der Waals surface area (Å²) in [4.78, 5) is 26.2. The highest BCUT2D eigenvalue weighted by atomic mass is 32.2. The molecular weight excluding hydrogens is 466 g/mol. The Morgan fingerprint density at radius 3 is 2.34 bits per heavy atom. The van der Waals surface area contributed by atoms with Crippen molar-refractivity contribution >= 4 is 28.5 Å². The fourth-order valence-corrected chi connectivity index (χ4v) is 4.23. The van der Waals surface area contributed by atoms with Gasteiger partial charge in [0.1, 0.15) is 22.9 Å². The normalized spacial score (nSPS) is 12.0.